The summed E-state index contributed by atoms with van der Waals surface area (Å²) in [5.41, 5.74) is 1.44. The van der Waals surface area contributed by atoms with Crippen molar-refractivity contribution in [2.45, 2.75) is 6.92 Å². The van der Waals surface area contributed by atoms with Crippen LogP contribution < -0.4 is 10.9 Å². The van der Waals surface area contributed by atoms with E-state index in [4.69, 9.17) is 4.74 Å². The van der Waals surface area contributed by atoms with Gasteiger partial charge < -0.3 is 14.6 Å². The van der Waals surface area contributed by atoms with Gasteiger partial charge in [0, 0.05) is 36.6 Å². The Morgan fingerprint density at radius 1 is 1.21 bits per heavy atom. The third kappa shape index (κ3) is 4.67. The number of rotatable bonds is 5. The van der Waals surface area contributed by atoms with E-state index in [1.807, 2.05) is 0 Å². The number of anilines is 1. The molecule has 1 aromatic heterocycles. The smallest absolute Gasteiger partial charge is 0.330 e. The second kappa shape index (κ2) is 7.92. The third-order valence-corrected chi connectivity index (χ3v) is 3.23. The molecule has 0 aliphatic heterocycles. The van der Waals surface area contributed by atoms with Gasteiger partial charge in [0.15, 0.2) is 0 Å². The van der Waals surface area contributed by atoms with E-state index in [1.165, 1.54) is 16.7 Å². The van der Waals surface area contributed by atoms with E-state index in [1.54, 1.807) is 56.6 Å². The summed E-state index contributed by atoms with van der Waals surface area (Å²) in [5, 5.41) is 2.71. The number of nitrogens with zero attached hydrogens (tertiary/aromatic N) is 1. The second-order valence-electron chi connectivity index (χ2n) is 5.03. The Bertz CT molecular complexity index is 820. The molecular weight excluding hydrogens is 308 g/mol. The molecule has 0 spiro atoms. The van der Waals surface area contributed by atoms with E-state index in [-0.39, 0.29) is 11.5 Å². The summed E-state index contributed by atoms with van der Waals surface area (Å²) in [6.45, 7) is 2.07. The van der Waals surface area contributed by atoms with Crippen LogP contribution in [0.4, 0.5) is 5.69 Å². The van der Waals surface area contributed by atoms with Gasteiger partial charge in [0.25, 0.3) is 11.5 Å². The second-order valence-corrected chi connectivity index (χ2v) is 5.03. The molecule has 0 aliphatic rings. The highest BCUT2D eigenvalue weighted by Gasteiger charge is 2.07. The van der Waals surface area contributed by atoms with Crippen LogP contribution >= 0.6 is 0 Å². The van der Waals surface area contributed by atoms with E-state index >= 15 is 0 Å². The zero-order chi connectivity index (χ0) is 17.5. The van der Waals surface area contributed by atoms with E-state index in [0.717, 1.165) is 5.56 Å². The van der Waals surface area contributed by atoms with Crippen molar-refractivity contribution in [2.75, 3.05) is 11.9 Å². The molecular formula is C18H18N2O4. The first-order chi connectivity index (χ1) is 11.5. The van der Waals surface area contributed by atoms with Crippen LogP contribution in [0.1, 0.15) is 22.8 Å². The van der Waals surface area contributed by atoms with Gasteiger partial charge in [0.1, 0.15) is 0 Å². The first kappa shape index (κ1) is 17.2. The van der Waals surface area contributed by atoms with Gasteiger partial charge in [-0.15, -0.1) is 0 Å². The lowest BCUT2D eigenvalue weighted by molar-refractivity contribution is -0.137. The molecule has 0 saturated heterocycles. The van der Waals surface area contributed by atoms with Crippen molar-refractivity contribution in [2.24, 2.45) is 7.05 Å². The lowest BCUT2D eigenvalue weighted by Crippen LogP contribution is -2.19. The van der Waals surface area contributed by atoms with E-state index < -0.39 is 5.97 Å². The van der Waals surface area contributed by atoms with Gasteiger partial charge >= 0.3 is 5.97 Å². The first-order valence-corrected chi connectivity index (χ1v) is 7.42. The molecule has 1 aromatic carbocycles. The molecule has 1 amide bonds. The van der Waals surface area contributed by atoms with E-state index in [9.17, 15) is 14.4 Å². The topological polar surface area (TPSA) is 77.4 Å². The highest BCUT2D eigenvalue weighted by atomic mass is 16.5. The van der Waals surface area contributed by atoms with Crippen molar-refractivity contribution < 1.29 is 14.3 Å². The minimum Gasteiger partial charge on any atom is -0.463 e. The van der Waals surface area contributed by atoms with Crippen molar-refractivity contribution in [3.63, 3.8) is 0 Å². The van der Waals surface area contributed by atoms with Crippen molar-refractivity contribution in [1.29, 1.82) is 0 Å². The molecule has 0 unspecified atom stereocenters. The predicted molar refractivity (Wildman–Crippen MR) is 91.7 cm³/mol. The molecule has 6 nitrogen and oxygen atoms in total. The number of pyridine rings is 1. The van der Waals surface area contributed by atoms with Crippen LogP contribution in [-0.4, -0.2) is 23.1 Å². The summed E-state index contributed by atoms with van der Waals surface area (Å²) in [4.78, 5) is 34.9. The summed E-state index contributed by atoms with van der Waals surface area (Å²) in [6.07, 6.45) is 4.52. The zero-order valence-corrected chi connectivity index (χ0v) is 13.5. The number of esters is 1. The molecule has 0 bridgehead atoms. The summed E-state index contributed by atoms with van der Waals surface area (Å²) in [6, 6.07) is 9.80. The maximum atomic E-state index is 12.1. The molecule has 6 heteroatoms. The molecule has 24 heavy (non-hydrogen) atoms. The summed E-state index contributed by atoms with van der Waals surface area (Å²) in [5.74, 6) is -0.761. The third-order valence-electron chi connectivity index (χ3n) is 3.23. The zero-order valence-electron chi connectivity index (χ0n) is 13.5. The molecule has 1 N–H and O–H groups in total. The maximum absolute atomic E-state index is 12.1. The average molecular weight is 326 g/mol. The van der Waals surface area contributed by atoms with Gasteiger partial charge in [0.2, 0.25) is 0 Å². The van der Waals surface area contributed by atoms with E-state index in [0.29, 0.717) is 17.9 Å². The molecule has 2 rings (SSSR count). The number of aryl methyl sites for hydroxylation is 1. The van der Waals surface area contributed by atoms with Gasteiger partial charge in [0.05, 0.1) is 6.61 Å². The number of amides is 1. The van der Waals surface area contributed by atoms with Crippen LogP contribution in [0.3, 0.4) is 0 Å². The van der Waals surface area contributed by atoms with Gasteiger partial charge in [-0.05, 0) is 36.8 Å². The largest absolute Gasteiger partial charge is 0.463 e. The minimum atomic E-state index is -0.402. The Kier molecular flexibility index (Phi) is 5.68. The monoisotopic (exact) mass is 326 g/mol. The number of hydrogen-bond acceptors (Lipinski definition) is 4. The van der Waals surface area contributed by atoms with Crippen LogP contribution in [0.2, 0.25) is 0 Å². The normalized spacial score (nSPS) is 10.6. The van der Waals surface area contributed by atoms with Crippen LogP contribution in [0.5, 0.6) is 0 Å². The predicted octanol–water partition coefficient (Wildman–Crippen LogP) is 2.21. The number of ether oxygens (including phenoxy) is 1. The Morgan fingerprint density at radius 2 is 1.92 bits per heavy atom. The quantitative estimate of drug-likeness (QED) is 0.675. The van der Waals surface area contributed by atoms with Crippen LogP contribution in [0.15, 0.2) is 53.5 Å². The van der Waals surface area contributed by atoms with Crippen LogP contribution in [0.25, 0.3) is 6.08 Å². The van der Waals surface area contributed by atoms with E-state index in [2.05, 4.69) is 5.32 Å². The number of carbonyl (C=O) groups excluding carboxylic acids is 2. The SMILES string of the molecule is CCOC(=O)/C=C/c1ccc(NC(=O)c2ccn(C)c(=O)c2)cc1. The average Bonchev–Trinajstić information content (AvgIpc) is 2.57. The Balaban J connectivity index is 2.03. The van der Waals surface area contributed by atoms with Crippen molar-refractivity contribution in [3.8, 4) is 0 Å². The maximum Gasteiger partial charge on any atom is 0.330 e. The fourth-order valence-electron chi connectivity index (χ4n) is 1.93. The van der Waals surface area contributed by atoms with Crippen molar-refractivity contribution in [3.05, 3.63) is 70.2 Å². The molecule has 124 valence electrons. The molecule has 2 aromatic rings. The first-order valence-electron chi connectivity index (χ1n) is 7.42. The lowest BCUT2D eigenvalue weighted by atomic mass is 10.2. The summed E-state index contributed by atoms with van der Waals surface area (Å²) >= 11 is 0. The number of carbonyl (C=O) groups is 2. The van der Waals surface area contributed by atoms with Crippen molar-refractivity contribution in [1.82, 2.24) is 4.57 Å². The molecule has 0 aliphatic carbocycles. The Morgan fingerprint density at radius 3 is 2.54 bits per heavy atom. The highest BCUT2D eigenvalue weighted by Crippen LogP contribution is 2.12. The van der Waals surface area contributed by atoms with Gasteiger partial charge in [-0.2, -0.15) is 0 Å². The Labute approximate surface area is 139 Å². The lowest BCUT2D eigenvalue weighted by Gasteiger charge is -2.06. The van der Waals surface area contributed by atoms with Crippen LogP contribution in [0, 0.1) is 0 Å². The molecule has 1 heterocycles. The number of aromatic nitrogens is 1. The standard InChI is InChI=1S/C18H18N2O4/c1-3-24-17(22)9-6-13-4-7-15(8-5-13)19-18(23)14-10-11-20(2)16(21)12-14/h4-12H,3H2,1-2H3,(H,19,23)/b9-6+. The molecule has 0 saturated carbocycles. The van der Waals surface area contributed by atoms with Crippen molar-refractivity contribution >= 4 is 23.6 Å². The highest BCUT2D eigenvalue weighted by molar-refractivity contribution is 6.04. The molecule has 0 atom stereocenters. The number of benzene rings is 1. The fourth-order valence-corrected chi connectivity index (χ4v) is 1.93. The number of hydrogen-bond donors (Lipinski definition) is 1. The van der Waals surface area contributed by atoms with Crippen LogP contribution in [-0.2, 0) is 16.6 Å². The van der Waals surface area contributed by atoms with Gasteiger partial charge in [-0.1, -0.05) is 12.1 Å². The van der Waals surface area contributed by atoms with Gasteiger partial charge in [-0.3, -0.25) is 9.59 Å². The molecule has 0 radical (unpaired) electrons. The summed E-state index contributed by atoms with van der Waals surface area (Å²) in [7, 11) is 1.62. The Hall–Kier alpha value is -3.15. The number of nitrogens with one attached hydrogen (secondary N) is 1. The molecule has 0 fully saturated rings. The van der Waals surface area contributed by atoms with Gasteiger partial charge in [-0.25, -0.2) is 4.79 Å². The summed E-state index contributed by atoms with van der Waals surface area (Å²) < 4.78 is 6.19. The fraction of sp³-hybridized carbons (Fsp3) is 0.167. The minimum absolute atomic E-state index is 0.248.